The molecule has 1 aromatic heterocycles. The molecule has 0 saturated carbocycles. The lowest BCUT2D eigenvalue weighted by atomic mass is 10.2. The lowest BCUT2D eigenvalue weighted by Crippen LogP contribution is -2.39. The zero-order valence-electron chi connectivity index (χ0n) is 16.2. The Balaban J connectivity index is 2.13. The fourth-order valence-electron chi connectivity index (χ4n) is 2.47. The van der Waals surface area contributed by atoms with Crippen LogP contribution in [0.15, 0.2) is 29.5 Å². The third-order valence-corrected chi connectivity index (χ3v) is 3.82. The molecule has 8 heteroatoms. The smallest absolute Gasteiger partial charge is 0.194 e. The quantitative estimate of drug-likeness (QED) is 0.572. The van der Waals surface area contributed by atoms with Crippen molar-refractivity contribution in [3.8, 4) is 11.5 Å². The van der Waals surface area contributed by atoms with Crippen molar-refractivity contribution < 1.29 is 9.47 Å². The number of hydrogen-bond donors (Lipinski definition) is 1. The Labute approximate surface area is 154 Å². The van der Waals surface area contributed by atoms with Crippen LogP contribution in [-0.2, 0) is 20.1 Å². The van der Waals surface area contributed by atoms with Gasteiger partial charge in [0.25, 0.3) is 0 Å². The first-order valence-corrected chi connectivity index (χ1v) is 8.71. The van der Waals surface area contributed by atoms with E-state index in [2.05, 4.69) is 15.4 Å². The third kappa shape index (κ3) is 5.11. The highest BCUT2D eigenvalue weighted by Crippen LogP contribution is 2.28. The van der Waals surface area contributed by atoms with Gasteiger partial charge in [-0.1, -0.05) is 6.07 Å². The van der Waals surface area contributed by atoms with E-state index in [1.54, 1.807) is 18.1 Å². The lowest BCUT2D eigenvalue weighted by Gasteiger charge is -2.21. The predicted molar refractivity (Wildman–Crippen MR) is 101 cm³/mol. The van der Waals surface area contributed by atoms with Crippen LogP contribution in [0.2, 0.25) is 0 Å². The van der Waals surface area contributed by atoms with E-state index in [-0.39, 0.29) is 0 Å². The first-order valence-electron chi connectivity index (χ1n) is 8.71. The summed E-state index contributed by atoms with van der Waals surface area (Å²) in [6.45, 7) is 6.53. The molecular weight excluding hydrogens is 332 g/mol. The Morgan fingerprint density at radius 1 is 1.31 bits per heavy atom. The molecule has 0 saturated heterocycles. The maximum Gasteiger partial charge on any atom is 0.194 e. The zero-order valence-corrected chi connectivity index (χ0v) is 16.2. The van der Waals surface area contributed by atoms with Crippen LogP contribution in [0.3, 0.4) is 0 Å². The standard InChI is InChI=1S/C18H28N6O2/c1-6-19-18(23(3)12-17-21-13-22-24(17)4)20-11-14-8-9-15(25-5)16(10-14)26-7-2/h8-10,13H,6-7,11-12H2,1-5H3,(H,19,20). The number of aromatic nitrogens is 3. The van der Waals surface area contributed by atoms with Gasteiger partial charge in [0.2, 0.25) is 0 Å². The van der Waals surface area contributed by atoms with Gasteiger partial charge in [-0.05, 0) is 31.5 Å². The Morgan fingerprint density at radius 3 is 2.73 bits per heavy atom. The van der Waals surface area contributed by atoms with Crippen molar-refractivity contribution in [3.63, 3.8) is 0 Å². The van der Waals surface area contributed by atoms with E-state index >= 15 is 0 Å². The summed E-state index contributed by atoms with van der Waals surface area (Å²) in [5, 5.41) is 7.41. The molecule has 0 amide bonds. The topological polar surface area (TPSA) is 76.8 Å². The van der Waals surface area contributed by atoms with E-state index in [0.717, 1.165) is 35.4 Å². The van der Waals surface area contributed by atoms with Gasteiger partial charge in [0, 0.05) is 20.6 Å². The van der Waals surface area contributed by atoms with Gasteiger partial charge in [0.05, 0.1) is 26.8 Å². The van der Waals surface area contributed by atoms with Gasteiger partial charge in [-0.3, -0.25) is 4.68 Å². The van der Waals surface area contributed by atoms with Crippen LogP contribution in [-0.4, -0.2) is 52.9 Å². The van der Waals surface area contributed by atoms with E-state index in [1.807, 2.05) is 51.0 Å². The highest BCUT2D eigenvalue weighted by Gasteiger charge is 2.10. The maximum atomic E-state index is 5.64. The average molecular weight is 360 g/mol. The molecule has 1 N–H and O–H groups in total. The van der Waals surface area contributed by atoms with Crippen molar-refractivity contribution >= 4 is 5.96 Å². The monoisotopic (exact) mass is 360 g/mol. The van der Waals surface area contributed by atoms with Crippen molar-refractivity contribution in [1.82, 2.24) is 25.0 Å². The molecule has 2 aromatic rings. The average Bonchev–Trinajstić information content (AvgIpc) is 3.03. The number of nitrogens with one attached hydrogen (secondary N) is 1. The first kappa shape index (κ1) is 19.6. The molecule has 0 spiro atoms. The van der Waals surface area contributed by atoms with E-state index in [1.165, 1.54) is 0 Å². The number of aliphatic imine (C=N–C) groups is 1. The van der Waals surface area contributed by atoms with Crippen molar-refractivity contribution in [2.45, 2.75) is 26.9 Å². The predicted octanol–water partition coefficient (Wildman–Crippen LogP) is 1.82. The summed E-state index contributed by atoms with van der Waals surface area (Å²) in [7, 11) is 5.50. The van der Waals surface area contributed by atoms with E-state index in [9.17, 15) is 0 Å². The Morgan fingerprint density at radius 2 is 2.12 bits per heavy atom. The normalized spacial score (nSPS) is 11.3. The number of nitrogens with zero attached hydrogens (tertiary/aromatic N) is 5. The third-order valence-electron chi connectivity index (χ3n) is 3.82. The van der Waals surface area contributed by atoms with Crippen LogP contribution in [0.4, 0.5) is 0 Å². The molecule has 8 nitrogen and oxygen atoms in total. The second kappa shape index (κ2) is 9.65. The highest BCUT2D eigenvalue weighted by atomic mass is 16.5. The van der Waals surface area contributed by atoms with Gasteiger partial charge in [-0.15, -0.1) is 0 Å². The van der Waals surface area contributed by atoms with Crippen molar-refractivity contribution in [2.75, 3.05) is 27.3 Å². The second-order valence-electron chi connectivity index (χ2n) is 5.74. The molecule has 0 aliphatic heterocycles. The summed E-state index contributed by atoms with van der Waals surface area (Å²) in [5.41, 5.74) is 1.05. The maximum absolute atomic E-state index is 5.64. The molecule has 0 aliphatic rings. The minimum Gasteiger partial charge on any atom is -0.493 e. The summed E-state index contributed by atoms with van der Waals surface area (Å²) in [5.74, 6) is 3.15. The summed E-state index contributed by atoms with van der Waals surface area (Å²) in [4.78, 5) is 11.0. The molecule has 1 heterocycles. The number of guanidine groups is 1. The van der Waals surface area contributed by atoms with Gasteiger partial charge in [0.1, 0.15) is 12.2 Å². The lowest BCUT2D eigenvalue weighted by molar-refractivity contribution is 0.310. The number of ether oxygens (including phenoxy) is 2. The van der Waals surface area contributed by atoms with Gasteiger partial charge < -0.3 is 19.7 Å². The summed E-state index contributed by atoms with van der Waals surface area (Å²) < 4.78 is 12.7. The van der Waals surface area contributed by atoms with E-state index < -0.39 is 0 Å². The Kier molecular flexibility index (Phi) is 7.25. The molecule has 2 rings (SSSR count). The SMILES string of the molecule is CCNC(=NCc1ccc(OC)c(OCC)c1)N(C)Cc1ncnn1C. The molecule has 1 aromatic carbocycles. The number of methoxy groups -OCH3 is 1. The second-order valence-corrected chi connectivity index (χ2v) is 5.74. The van der Waals surface area contributed by atoms with Crippen molar-refractivity contribution in [1.29, 1.82) is 0 Å². The molecule has 26 heavy (non-hydrogen) atoms. The molecular formula is C18H28N6O2. The number of benzene rings is 1. The fourth-order valence-corrected chi connectivity index (χ4v) is 2.47. The number of rotatable bonds is 8. The summed E-state index contributed by atoms with van der Waals surface area (Å²) >= 11 is 0. The Bertz CT molecular complexity index is 728. The summed E-state index contributed by atoms with van der Waals surface area (Å²) in [6.07, 6.45) is 1.56. The first-order chi connectivity index (χ1) is 12.6. The Hall–Kier alpha value is -2.77. The van der Waals surface area contributed by atoms with Gasteiger partial charge in [-0.2, -0.15) is 5.10 Å². The molecule has 0 unspecified atom stereocenters. The zero-order chi connectivity index (χ0) is 18.9. The van der Waals surface area contributed by atoms with Crippen LogP contribution in [0.25, 0.3) is 0 Å². The highest BCUT2D eigenvalue weighted by molar-refractivity contribution is 5.79. The molecule has 0 radical (unpaired) electrons. The van der Waals surface area contributed by atoms with Crippen LogP contribution >= 0.6 is 0 Å². The number of aryl methyl sites for hydroxylation is 1. The van der Waals surface area contributed by atoms with Crippen LogP contribution in [0.1, 0.15) is 25.2 Å². The van der Waals surface area contributed by atoms with Crippen LogP contribution in [0.5, 0.6) is 11.5 Å². The van der Waals surface area contributed by atoms with Gasteiger partial charge in [-0.25, -0.2) is 9.98 Å². The minimum absolute atomic E-state index is 0.537. The molecule has 0 bridgehead atoms. The van der Waals surface area contributed by atoms with Gasteiger partial charge in [0.15, 0.2) is 17.5 Å². The molecule has 0 fully saturated rings. The fraction of sp³-hybridized carbons (Fsp3) is 0.500. The van der Waals surface area contributed by atoms with E-state index in [0.29, 0.717) is 19.7 Å². The number of hydrogen-bond acceptors (Lipinski definition) is 5. The van der Waals surface area contributed by atoms with Crippen molar-refractivity contribution in [2.24, 2.45) is 12.0 Å². The van der Waals surface area contributed by atoms with Gasteiger partial charge >= 0.3 is 0 Å². The molecule has 0 aliphatic carbocycles. The van der Waals surface area contributed by atoms with Crippen LogP contribution < -0.4 is 14.8 Å². The molecule has 0 atom stereocenters. The van der Waals surface area contributed by atoms with Crippen LogP contribution in [0, 0.1) is 0 Å². The molecule has 142 valence electrons. The van der Waals surface area contributed by atoms with E-state index in [4.69, 9.17) is 14.5 Å². The minimum atomic E-state index is 0.537. The van der Waals surface area contributed by atoms with Crippen molar-refractivity contribution in [3.05, 3.63) is 35.9 Å². The summed E-state index contributed by atoms with van der Waals surface area (Å²) in [6, 6.07) is 5.88. The largest absolute Gasteiger partial charge is 0.493 e.